The highest BCUT2D eigenvalue weighted by molar-refractivity contribution is 6.03. The summed E-state index contributed by atoms with van der Waals surface area (Å²) in [5.74, 6) is -0.662. The number of hydrogen-bond acceptors (Lipinski definition) is 5. The van der Waals surface area contributed by atoms with Crippen LogP contribution in [0.4, 0.5) is 4.79 Å². The minimum Gasteiger partial charge on any atom is -0.393 e. The summed E-state index contributed by atoms with van der Waals surface area (Å²) in [6.45, 7) is -0.305. The number of para-hydroxylation sites is 1. The first-order valence-corrected chi connectivity index (χ1v) is 8.90. The first-order chi connectivity index (χ1) is 13.0. The molecule has 1 aliphatic heterocycles. The second kappa shape index (κ2) is 6.96. The standard InChI is InChI=1S/C19H20N4O4/c24-14-6-12(7-14)18(13-5-11-3-1-2-4-15(11)20-8-13)21-16(25)9-23-10-17(26)22-19(23)27/h1-5,8,12,14,18,24H,6-7,9-10H2,(H,21,25)(H,22,26,27)/t12?,14?,18-/m1/s1. The average Bonchev–Trinajstić information content (AvgIpc) is 2.94. The smallest absolute Gasteiger partial charge is 0.325 e. The molecule has 1 saturated carbocycles. The zero-order valence-corrected chi connectivity index (χ0v) is 14.6. The summed E-state index contributed by atoms with van der Waals surface area (Å²) >= 11 is 0. The Morgan fingerprint density at radius 2 is 2.11 bits per heavy atom. The molecular formula is C19H20N4O4. The van der Waals surface area contributed by atoms with E-state index in [2.05, 4.69) is 15.6 Å². The Morgan fingerprint density at radius 1 is 1.33 bits per heavy atom. The van der Waals surface area contributed by atoms with Crippen molar-refractivity contribution in [3.63, 3.8) is 0 Å². The zero-order chi connectivity index (χ0) is 19.0. The number of nitrogens with one attached hydrogen (secondary N) is 2. The van der Waals surface area contributed by atoms with Crippen LogP contribution in [0.1, 0.15) is 24.4 Å². The molecule has 1 atom stereocenters. The predicted molar refractivity (Wildman–Crippen MR) is 96.5 cm³/mol. The number of urea groups is 1. The molecule has 140 valence electrons. The van der Waals surface area contributed by atoms with E-state index in [9.17, 15) is 19.5 Å². The van der Waals surface area contributed by atoms with Crippen LogP contribution in [0.15, 0.2) is 36.5 Å². The summed E-state index contributed by atoms with van der Waals surface area (Å²) in [7, 11) is 0. The molecule has 2 heterocycles. The lowest BCUT2D eigenvalue weighted by Crippen LogP contribution is -2.45. The average molecular weight is 368 g/mol. The summed E-state index contributed by atoms with van der Waals surface area (Å²) in [4.78, 5) is 41.0. The molecule has 1 aromatic heterocycles. The van der Waals surface area contributed by atoms with Gasteiger partial charge in [-0.1, -0.05) is 18.2 Å². The highest BCUT2D eigenvalue weighted by Crippen LogP contribution is 2.38. The number of aliphatic hydroxyl groups excluding tert-OH is 1. The van der Waals surface area contributed by atoms with Crippen LogP contribution in [-0.4, -0.2) is 52.0 Å². The number of benzene rings is 1. The molecule has 0 radical (unpaired) electrons. The molecule has 4 amide bonds. The number of hydrogen-bond donors (Lipinski definition) is 3. The number of imide groups is 1. The van der Waals surface area contributed by atoms with Crippen molar-refractivity contribution in [1.29, 1.82) is 0 Å². The summed E-state index contributed by atoms with van der Waals surface area (Å²) in [6.07, 6.45) is 2.58. The Hall–Kier alpha value is -3.00. The lowest BCUT2D eigenvalue weighted by Gasteiger charge is -2.38. The van der Waals surface area contributed by atoms with Gasteiger partial charge in [-0.05, 0) is 36.5 Å². The van der Waals surface area contributed by atoms with Crippen molar-refractivity contribution in [3.05, 3.63) is 42.1 Å². The van der Waals surface area contributed by atoms with E-state index < -0.39 is 11.9 Å². The third kappa shape index (κ3) is 3.61. The van der Waals surface area contributed by atoms with Crippen molar-refractivity contribution in [2.24, 2.45) is 5.92 Å². The highest BCUT2D eigenvalue weighted by atomic mass is 16.3. The molecule has 0 unspecified atom stereocenters. The Labute approximate surface area is 155 Å². The minimum atomic E-state index is -0.557. The number of rotatable bonds is 5. The second-order valence-electron chi connectivity index (χ2n) is 7.10. The molecule has 2 aliphatic rings. The van der Waals surface area contributed by atoms with Crippen LogP contribution in [0, 0.1) is 5.92 Å². The van der Waals surface area contributed by atoms with E-state index in [1.54, 1.807) is 6.20 Å². The van der Waals surface area contributed by atoms with Crippen molar-refractivity contribution in [2.75, 3.05) is 13.1 Å². The number of nitrogens with zero attached hydrogens (tertiary/aromatic N) is 2. The lowest BCUT2D eigenvalue weighted by atomic mass is 9.75. The van der Waals surface area contributed by atoms with E-state index in [0.717, 1.165) is 16.5 Å². The number of pyridine rings is 1. The Bertz CT molecular complexity index is 909. The van der Waals surface area contributed by atoms with Gasteiger partial charge in [-0.2, -0.15) is 0 Å². The SMILES string of the molecule is O=C1CN(CC(=O)N[C@@H](c2cnc3ccccc3c2)C2CC(O)C2)C(=O)N1. The fourth-order valence-electron chi connectivity index (χ4n) is 3.64. The Kier molecular flexibility index (Phi) is 4.49. The largest absolute Gasteiger partial charge is 0.393 e. The van der Waals surface area contributed by atoms with Gasteiger partial charge in [0.25, 0.3) is 0 Å². The first kappa shape index (κ1) is 17.4. The summed E-state index contributed by atoms with van der Waals surface area (Å²) < 4.78 is 0. The van der Waals surface area contributed by atoms with Gasteiger partial charge in [0.1, 0.15) is 13.1 Å². The molecule has 0 bridgehead atoms. The van der Waals surface area contributed by atoms with Crippen LogP contribution >= 0.6 is 0 Å². The van der Waals surface area contributed by atoms with Crippen molar-refractivity contribution in [1.82, 2.24) is 20.5 Å². The molecule has 8 heteroatoms. The molecule has 2 fully saturated rings. The number of aliphatic hydroxyl groups is 1. The van der Waals surface area contributed by atoms with Gasteiger partial charge in [0, 0.05) is 11.6 Å². The van der Waals surface area contributed by atoms with E-state index in [1.165, 1.54) is 4.90 Å². The Morgan fingerprint density at radius 3 is 2.81 bits per heavy atom. The van der Waals surface area contributed by atoms with E-state index in [4.69, 9.17) is 0 Å². The van der Waals surface area contributed by atoms with Gasteiger partial charge in [0.15, 0.2) is 0 Å². The normalized spacial score (nSPS) is 23.1. The molecule has 1 saturated heterocycles. The molecule has 27 heavy (non-hydrogen) atoms. The molecule has 0 spiro atoms. The Balaban J connectivity index is 1.52. The van der Waals surface area contributed by atoms with Crippen molar-refractivity contribution >= 4 is 28.7 Å². The topological polar surface area (TPSA) is 112 Å². The van der Waals surface area contributed by atoms with Gasteiger partial charge in [0.05, 0.1) is 17.7 Å². The van der Waals surface area contributed by atoms with Crippen LogP contribution in [-0.2, 0) is 9.59 Å². The van der Waals surface area contributed by atoms with Crippen LogP contribution in [0.25, 0.3) is 10.9 Å². The molecule has 1 aromatic carbocycles. The van der Waals surface area contributed by atoms with Crippen LogP contribution in [0.2, 0.25) is 0 Å². The first-order valence-electron chi connectivity index (χ1n) is 8.90. The lowest BCUT2D eigenvalue weighted by molar-refractivity contribution is -0.123. The van der Waals surface area contributed by atoms with Gasteiger partial charge < -0.3 is 15.3 Å². The zero-order valence-electron chi connectivity index (χ0n) is 14.6. The van der Waals surface area contributed by atoms with Crippen molar-refractivity contribution in [2.45, 2.75) is 25.0 Å². The van der Waals surface area contributed by atoms with Crippen LogP contribution in [0.5, 0.6) is 0 Å². The van der Waals surface area contributed by atoms with Crippen molar-refractivity contribution < 1.29 is 19.5 Å². The third-order valence-corrected chi connectivity index (χ3v) is 5.11. The van der Waals surface area contributed by atoms with E-state index in [0.29, 0.717) is 12.8 Å². The van der Waals surface area contributed by atoms with Gasteiger partial charge in [-0.25, -0.2) is 4.79 Å². The minimum absolute atomic E-state index is 0.0981. The van der Waals surface area contributed by atoms with Gasteiger partial charge >= 0.3 is 6.03 Å². The summed E-state index contributed by atoms with van der Waals surface area (Å²) in [5, 5.41) is 15.8. The van der Waals surface area contributed by atoms with Gasteiger partial charge in [-0.15, -0.1) is 0 Å². The maximum atomic E-state index is 12.5. The monoisotopic (exact) mass is 368 g/mol. The van der Waals surface area contributed by atoms with Gasteiger partial charge in [-0.3, -0.25) is 19.9 Å². The summed E-state index contributed by atoms with van der Waals surface area (Å²) in [6, 6.07) is 8.85. The van der Waals surface area contributed by atoms with E-state index in [-0.39, 0.29) is 37.1 Å². The molecular weight excluding hydrogens is 348 g/mol. The number of fused-ring (bicyclic) bond motifs is 1. The maximum Gasteiger partial charge on any atom is 0.325 e. The van der Waals surface area contributed by atoms with Crippen LogP contribution in [0.3, 0.4) is 0 Å². The van der Waals surface area contributed by atoms with Gasteiger partial charge in [0.2, 0.25) is 11.8 Å². The quantitative estimate of drug-likeness (QED) is 0.673. The fraction of sp³-hybridized carbons (Fsp3) is 0.368. The molecule has 2 aromatic rings. The summed E-state index contributed by atoms with van der Waals surface area (Å²) in [5.41, 5.74) is 1.73. The molecule has 8 nitrogen and oxygen atoms in total. The third-order valence-electron chi connectivity index (χ3n) is 5.11. The molecule has 1 aliphatic carbocycles. The number of carbonyl (C=O) groups excluding carboxylic acids is 3. The fourth-order valence-corrected chi connectivity index (χ4v) is 3.64. The molecule has 3 N–H and O–H groups in total. The predicted octanol–water partition coefficient (Wildman–Crippen LogP) is 0.715. The van der Waals surface area contributed by atoms with E-state index >= 15 is 0 Å². The number of amides is 4. The number of aromatic nitrogens is 1. The second-order valence-corrected chi connectivity index (χ2v) is 7.10. The molecule has 4 rings (SSSR count). The van der Waals surface area contributed by atoms with Crippen molar-refractivity contribution in [3.8, 4) is 0 Å². The van der Waals surface area contributed by atoms with Crippen LogP contribution < -0.4 is 10.6 Å². The number of carbonyl (C=O) groups is 3. The van der Waals surface area contributed by atoms with E-state index in [1.807, 2.05) is 30.3 Å². The highest BCUT2D eigenvalue weighted by Gasteiger charge is 2.37. The maximum absolute atomic E-state index is 12.5.